The Morgan fingerprint density at radius 2 is 1.83 bits per heavy atom. The van der Waals surface area contributed by atoms with E-state index in [2.05, 4.69) is 19.9 Å². The summed E-state index contributed by atoms with van der Waals surface area (Å²) in [4.78, 5) is 39.3. The summed E-state index contributed by atoms with van der Waals surface area (Å²) in [5.74, 6) is -0.560. The molecule has 160 valence electrons. The van der Waals surface area contributed by atoms with Crippen molar-refractivity contribution in [2.45, 2.75) is 65.9 Å². The normalized spacial score (nSPS) is 54.6. The van der Waals surface area contributed by atoms with E-state index in [1.807, 2.05) is 26.8 Å². The fourth-order valence-electron chi connectivity index (χ4n) is 9.50. The maximum Gasteiger partial charge on any atom is 0.313 e. The van der Waals surface area contributed by atoms with Crippen molar-refractivity contribution >= 4 is 17.7 Å². The van der Waals surface area contributed by atoms with E-state index in [0.29, 0.717) is 13.0 Å². The van der Waals surface area contributed by atoms with Gasteiger partial charge in [0.15, 0.2) is 5.78 Å². The fraction of sp³-hybridized carbons (Fsp3) is 0.720. The van der Waals surface area contributed by atoms with Gasteiger partial charge in [0.25, 0.3) is 0 Å². The molecule has 5 nitrogen and oxygen atoms in total. The third kappa shape index (κ3) is 1.46. The number of carbonyl (C=O) groups is 3. The van der Waals surface area contributed by atoms with Gasteiger partial charge in [0.1, 0.15) is 5.60 Å². The molecule has 2 saturated heterocycles. The monoisotopic (exact) mass is 410 g/mol. The summed E-state index contributed by atoms with van der Waals surface area (Å²) in [5, 5.41) is 0. The maximum absolute atomic E-state index is 13.5. The van der Waals surface area contributed by atoms with Gasteiger partial charge in [-0.3, -0.25) is 14.4 Å². The number of fused-ring (bicyclic) bond motifs is 2. The topological polar surface area (TPSA) is 69.7 Å². The molecule has 4 aliphatic carbocycles. The van der Waals surface area contributed by atoms with Crippen LogP contribution in [0.5, 0.6) is 0 Å². The predicted octanol–water partition coefficient (Wildman–Crippen LogP) is 3.77. The Kier molecular flexibility index (Phi) is 3.00. The van der Waals surface area contributed by atoms with Gasteiger partial charge in [-0.15, -0.1) is 0 Å². The number of hydrogen-bond donors (Lipinski definition) is 0. The summed E-state index contributed by atoms with van der Waals surface area (Å²) >= 11 is 0. The van der Waals surface area contributed by atoms with Crippen molar-refractivity contribution in [3.63, 3.8) is 0 Å². The van der Waals surface area contributed by atoms with Crippen LogP contribution < -0.4 is 0 Å². The average Bonchev–Trinajstić information content (AvgIpc) is 3.21. The molecule has 0 aromatic heterocycles. The van der Waals surface area contributed by atoms with E-state index in [4.69, 9.17) is 9.47 Å². The fourth-order valence-corrected chi connectivity index (χ4v) is 9.50. The summed E-state index contributed by atoms with van der Waals surface area (Å²) in [6, 6.07) is 0. The minimum Gasteiger partial charge on any atom is -0.465 e. The molecule has 2 saturated carbocycles. The second-order valence-electron chi connectivity index (χ2n) is 11.8. The molecule has 0 amide bonds. The van der Waals surface area contributed by atoms with Gasteiger partial charge >= 0.3 is 11.9 Å². The summed E-state index contributed by atoms with van der Waals surface area (Å²) < 4.78 is 12.2. The lowest BCUT2D eigenvalue weighted by Gasteiger charge is -2.69. The van der Waals surface area contributed by atoms with Crippen molar-refractivity contribution in [3.8, 4) is 0 Å². The number of rotatable bonds is 0. The molecule has 0 aromatic carbocycles. The van der Waals surface area contributed by atoms with Crippen molar-refractivity contribution < 1.29 is 23.9 Å². The smallest absolute Gasteiger partial charge is 0.313 e. The van der Waals surface area contributed by atoms with E-state index in [9.17, 15) is 14.4 Å². The van der Waals surface area contributed by atoms with Crippen LogP contribution in [-0.2, 0) is 23.9 Å². The Bertz CT molecular complexity index is 1010. The van der Waals surface area contributed by atoms with E-state index in [1.165, 1.54) is 5.57 Å². The van der Waals surface area contributed by atoms with Gasteiger partial charge in [-0.2, -0.15) is 0 Å². The number of allylic oxidation sites excluding steroid dienone is 2. The van der Waals surface area contributed by atoms with E-state index in [-0.39, 0.29) is 29.1 Å². The zero-order chi connectivity index (χ0) is 21.5. The van der Waals surface area contributed by atoms with Gasteiger partial charge in [-0.25, -0.2) is 0 Å². The minimum atomic E-state index is -0.766. The number of hydrogen-bond acceptors (Lipinski definition) is 5. The molecule has 2 aliphatic heterocycles. The number of ketones is 1. The summed E-state index contributed by atoms with van der Waals surface area (Å²) in [5.41, 5.74) is -2.22. The standard InChI is InChI=1S/C25H30O5/c1-14-10-15-18(27)29-13-24(15)22(5)12-25(30-19(22)28)21(4)8-7-17(26)20(2,3)16(21)6-9-23(24,25)11-14/h7-8,10,15-16H,6,9,11-13H2,1-5H3. The summed E-state index contributed by atoms with van der Waals surface area (Å²) in [6.45, 7) is 10.7. The quantitative estimate of drug-likeness (QED) is 0.449. The van der Waals surface area contributed by atoms with Crippen LogP contribution in [0.25, 0.3) is 0 Å². The molecule has 6 rings (SSSR count). The molecule has 0 radical (unpaired) electrons. The van der Waals surface area contributed by atoms with E-state index >= 15 is 0 Å². The van der Waals surface area contributed by atoms with Gasteiger partial charge in [0.2, 0.25) is 0 Å². The van der Waals surface area contributed by atoms with E-state index in [0.717, 1.165) is 19.3 Å². The lowest BCUT2D eigenvalue weighted by atomic mass is 9.36. The van der Waals surface area contributed by atoms with Crippen LogP contribution in [-0.4, -0.2) is 29.9 Å². The Hall–Kier alpha value is -1.91. The number of ether oxygens (including phenoxy) is 2. The number of cyclic esters (lactones) is 1. The molecular formula is C25H30O5. The first-order valence-electron chi connectivity index (χ1n) is 11.2. The summed E-state index contributed by atoms with van der Waals surface area (Å²) in [6.07, 6.45) is 8.96. The van der Waals surface area contributed by atoms with Crippen molar-refractivity contribution in [1.82, 2.24) is 0 Å². The van der Waals surface area contributed by atoms with Crippen molar-refractivity contribution in [2.75, 3.05) is 6.61 Å². The molecule has 5 heteroatoms. The molecule has 2 heterocycles. The first kappa shape index (κ1) is 18.8. The molecule has 3 spiro atoms. The maximum atomic E-state index is 13.5. The molecule has 0 N–H and O–H groups in total. The molecule has 7 unspecified atom stereocenters. The average molecular weight is 411 g/mol. The highest BCUT2D eigenvalue weighted by Crippen LogP contribution is 2.86. The molecule has 2 bridgehead atoms. The van der Waals surface area contributed by atoms with Crippen LogP contribution in [0, 0.1) is 38.9 Å². The lowest BCUT2D eigenvalue weighted by Crippen LogP contribution is -2.73. The third-order valence-corrected chi connectivity index (χ3v) is 10.7. The Morgan fingerprint density at radius 1 is 1.10 bits per heavy atom. The predicted molar refractivity (Wildman–Crippen MR) is 108 cm³/mol. The van der Waals surface area contributed by atoms with Crippen LogP contribution in [0.1, 0.15) is 60.3 Å². The van der Waals surface area contributed by atoms with Gasteiger partial charge in [0, 0.05) is 28.1 Å². The van der Waals surface area contributed by atoms with Crippen LogP contribution in [0.3, 0.4) is 0 Å². The Labute approximate surface area is 177 Å². The van der Waals surface area contributed by atoms with Gasteiger partial charge in [0.05, 0.1) is 17.9 Å². The Morgan fingerprint density at radius 3 is 2.57 bits per heavy atom. The zero-order valence-corrected chi connectivity index (χ0v) is 18.5. The highest BCUT2D eigenvalue weighted by Gasteiger charge is 2.92. The van der Waals surface area contributed by atoms with E-state index in [1.54, 1.807) is 6.08 Å². The summed E-state index contributed by atoms with van der Waals surface area (Å²) in [7, 11) is 0. The van der Waals surface area contributed by atoms with Crippen LogP contribution >= 0.6 is 0 Å². The highest BCUT2D eigenvalue weighted by molar-refractivity contribution is 5.96. The number of carbonyl (C=O) groups excluding carboxylic acids is 3. The van der Waals surface area contributed by atoms with Gasteiger partial charge in [-0.05, 0) is 45.1 Å². The van der Waals surface area contributed by atoms with Crippen molar-refractivity contribution in [3.05, 3.63) is 23.8 Å². The highest BCUT2D eigenvalue weighted by atomic mass is 16.6. The number of esters is 2. The van der Waals surface area contributed by atoms with Crippen LogP contribution in [0.15, 0.2) is 23.8 Å². The first-order chi connectivity index (χ1) is 13.9. The SMILES string of the molecule is CC1=CC2C(=O)OCC23C2(C)CC4(OC2=O)C2(C)C=CC(=O)C(C)(C)C2CCC43C1. The van der Waals surface area contributed by atoms with Gasteiger partial charge < -0.3 is 9.47 Å². The second kappa shape index (κ2) is 4.78. The van der Waals surface area contributed by atoms with Gasteiger partial charge in [-0.1, -0.05) is 38.5 Å². The molecule has 4 fully saturated rings. The van der Waals surface area contributed by atoms with Crippen molar-refractivity contribution in [2.24, 2.45) is 38.9 Å². The molecular weight excluding hydrogens is 380 g/mol. The van der Waals surface area contributed by atoms with E-state index < -0.39 is 33.2 Å². The largest absolute Gasteiger partial charge is 0.465 e. The lowest BCUT2D eigenvalue weighted by molar-refractivity contribution is -0.267. The first-order valence-corrected chi connectivity index (χ1v) is 11.2. The molecule has 30 heavy (non-hydrogen) atoms. The molecule has 6 aliphatic rings. The third-order valence-electron chi connectivity index (χ3n) is 10.7. The molecule has 0 aromatic rings. The molecule has 7 atom stereocenters. The second-order valence-corrected chi connectivity index (χ2v) is 11.8. The Balaban J connectivity index is 1.68. The van der Waals surface area contributed by atoms with Crippen molar-refractivity contribution in [1.29, 1.82) is 0 Å². The minimum absolute atomic E-state index is 0.0844. The zero-order valence-electron chi connectivity index (χ0n) is 18.5. The van der Waals surface area contributed by atoms with Crippen LogP contribution in [0.2, 0.25) is 0 Å². The van der Waals surface area contributed by atoms with Crippen LogP contribution in [0.4, 0.5) is 0 Å².